The highest BCUT2D eigenvalue weighted by molar-refractivity contribution is 5.89. The summed E-state index contributed by atoms with van der Waals surface area (Å²) in [5, 5.41) is 9.79. The molecule has 0 saturated carbocycles. The molecule has 4 atom stereocenters. The van der Waals surface area contributed by atoms with E-state index in [2.05, 4.69) is 6.58 Å². The fraction of sp³-hybridized carbons (Fsp3) is 0.348. The van der Waals surface area contributed by atoms with Crippen molar-refractivity contribution < 1.29 is 28.8 Å². The Morgan fingerprint density at radius 3 is 2.48 bits per heavy atom. The third kappa shape index (κ3) is 4.67. The topological polar surface area (TPSA) is 74.2 Å². The highest BCUT2D eigenvalue weighted by Gasteiger charge is 2.53. The quantitative estimate of drug-likeness (QED) is 0.544. The minimum absolute atomic E-state index is 0.264. The van der Waals surface area contributed by atoms with Crippen molar-refractivity contribution in [2.24, 2.45) is 0 Å². The third-order valence-electron chi connectivity index (χ3n) is 5.07. The smallest absolute Gasteiger partial charge is 0.338 e. The second-order valence-corrected chi connectivity index (χ2v) is 7.04. The first-order valence-electron chi connectivity index (χ1n) is 9.43. The molecule has 0 unspecified atom stereocenters. The molecule has 0 bridgehead atoms. The van der Waals surface area contributed by atoms with Gasteiger partial charge in [0.05, 0.1) is 25.9 Å². The van der Waals surface area contributed by atoms with Crippen LogP contribution in [0.15, 0.2) is 67.3 Å². The summed E-state index contributed by atoms with van der Waals surface area (Å²) in [6, 6.07) is 16.3. The van der Waals surface area contributed by atoms with Crippen molar-refractivity contribution in [3.63, 3.8) is 0 Å². The van der Waals surface area contributed by atoms with Crippen LogP contribution in [0.1, 0.15) is 22.8 Å². The van der Waals surface area contributed by atoms with Gasteiger partial charge in [0.1, 0.15) is 23.6 Å². The van der Waals surface area contributed by atoms with Gasteiger partial charge in [0.25, 0.3) is 0 Å². The second kappa shape index (κ2) is 9.22. The van der Waals surface area contributed by atoms with Crippen LogP contribution >= 0.6 is 0 Å². The summed E-state index contributed by atoms with van der Waals surface area (Å²) in [6.45, 7) is 5.62. The van der Waals surface area contributed by atoms with Crippen LogP contribution in [0.5, 0.6) is 5.75 Å². The maximum Gasteiger partial charge on any atom is 0.338 e. The number of hydrogen-bond donors (Lipinski definition) is 1. The highest BCUT2D eigenvalue weighted by Crippen LogP contribution is 2.37. The lowest BCUT2D eigenvalue weighted by atomic mass is 9.96. The molecular formula is C23H26O6. The predicted octanol–water partition coefficient (Wildman–Crippen LogP) is 3.14. The van der Waals surface area contributed by atoms with E-state index >= 15 is 0 Å². The van der Waals surface area contributed by atoms with Gasteiger partial charge in [-0.3, -0.25) is 0 Å². The molecule has 6 nitrogen and oxygen atoms in total. The molecule has 0 radical (unpaired) electrons. The lowest BCUT2D eigenvalue weighted by Crippen LogP contribution is -2.44. The van der Waals surface area contributed by atoms with Crippen LogP contribution in [0.25, 0.3) is 0 Å². The zero-order valence-electron chi connectivity index (χ0n) is 16.6. The Hall–Kier alpha value is -2.67. The fourth-order valence-corrected chi connectivity index (χ4v) is 3.34. The molecule has 1 aliphatic heterocycles. The van der Waals surface area contributed by atoms with E-state index in [-0.39, 0.29) is 6.61 Å². The standard InChI is InChI=1S/C23H26O6/c1-4-23(2)21(28-22(25)17-10-12-18(26-3)13-11-17)20(19(14-24)29-23)27-15-16-8-6-5-7-9-16/h4-13,19-21,24H,1,14-15H2,2-3H3/t19-,20-,21+,23-/m1/s1. The minimum atomic E-state index is -0.989. The van der Waals surface area contributed by atoms with E-state index in [9.17, 15) is 9.90 Å². The Morgan fingerprint density at radius 1 is 1.21 bits per heavy atom. The third-order valence-corrected chi connectivity index (χ3v) is 5.07. The normalized spacial score (nSPS) is 26.1. The molecule has 2 aromatic carbocycles. The van der Waals surface area contributed by atoms with Gasteiger partial charge in [-0.25, -0.2) is 4.79 Å². The summed E-state index contributed by atoms with van der Waals surface area (Å²) in [5.74, 6) is 0.132. The van der Waals surface area contributed by atoms with Gasteiger partial charge in [-0.1, -0.05) is 36.4 Å². The van der Waals surface area contributed by atoms with Gasteiger partial charge in [-0.2, -0.15) is 0 Å². The van der Waals surface area contributed by atoms with Crippen molar-refractivity contribution in [3.05, 3.63) is 78.4 Å². The van der Waals surface area contributed by atoms with Crippen LogP contribution in [0.4, 0.5) is 0 Å². The Morgan fingerprint density at radius 2 is 1.90 bits per heavy atom. The van der Waals surface area contributed by atoms with Crippen LogP contribution < -0.4 is 4.74 Å². The number of benzene rings is 2. The second-order valence-electron chi connectivity index (χ2n) is 7.04. The molecule has 154 valence electrons. The largest absolute Gasteiger partial charge is 0.497 e. The monoisotopic (exact) mass is 398 g/mol. The number of carbonyl (C=O) groups is 1. The molecular weight excluding hydrogens is 372 g/mol. The van der Waals surface area contributed by atoms with Crippen LogP contribution in [0.2, 0.25) is 0 Å². The maximum absolute atomic E-state index is 12.7. The average molecular weight is 398 g/mol. The van der Waals surface area contributed by atoms with Crippen molar-refractivity contribution in [3.8, 4) is 5.75 Å². The molecule has 3 rings (SSSR count). The molecule has 1 aliphatic rings. The Bertz CT molecular complexity index is 819. The van der Waals surface area contributed by atoms with Crippen LogP contribution in [-0.4, -0.2) is 48.7 Å². The summed E-state index contributed by atoms with van der Waals surface area (Å²) in [7, 11) is 1.56. The predicted molar refractivity (Wildman–Crippen MR) is 108 cm³/mol. The molecule has 29 heavy (non-hydrogen) atoms. The van der Waals surface area contributed by atoms with Gasteiger partial charge in [0, 0.05) is 0 Å². The van der Waals surface area contributed by atoms with Crippen LogP contribution in [0.3, 0.4) is 0 Å². The molecule has 0 aromatic heterocycles. The highest BCUT2D eigenvalue weighted by atomic mass is 16.6. The van der Waals surface area contributed by atoms with E-state index in [4.69, 9.17) is 18.9 Å². The van der Waals surface area contributed by atoms with Gasteiger partial charge < -0.3 is 24.1 Å². The molecule has 1 heterocycles. The number of carbonyl (C=O) groups excluding carboxylic acids is 1. The van der Waals surface area contributed by atoms with E-state index in [1.807, 2.05) is 30.3 Å². The van der Waals surface area contributed by atoms with Gasteiger partial charge in [0.2, 0.25) is 0 Å². The van der Waals surface area contributed by atoms with E-state index < -0.39 is 29.9 Å². The SMILES string of the molecule is C=C[C@@]1(C)O[C@H](CO)[C@@H](OCc2ccccc2)[C@@H]1OC(=O)c1ccc(OC)cc1. The summed E-state index contributed by atoms with van der Waals surface area (Å²) in [5.41, 5.74) is 0.361. The summed E-state index contributed by atoms with van der Waals surface area (Å²) in [4.78, 5) is 12.7. The molecule has 1 N–H and O–H groups in total. The van der Waals surface area contributed by atoms with Crippen molar-refractivity contribution in [1.82, 2.24) is 0 Å². The maximum atomic E-state index is 12.7. The Labute approximate surface area is 170 Å². The summed E-state index contributed by atoms with van der Waals surface area (Å²) >= 11 is 0. The number of aliphatic hydroxyl groups is 1. The number of ether oxygens (including phenoxy) is 4. The van der Waals surface area contributed by atoms with Crippen LogP contribution in [-0.2, 0) is 20.8 Å². The summed E-state index contributed by atoms with van der Waals surface area (Å²) in [6.07, 6.45) is -0.482. The molecule has 6 heteroatoms. The number of rotatable bonds is 8. The van der Waals surface area contributed by atoms with Crippen molar-refractivity contribution in [1.29, 1.82) is 0 Å². The van der Waals surface area contributed by atoms with Crippen LogP contribution in [0, 0.1) is 0 Å². The lowest BCUT2D eigenvalue weighted by molar-refractivity contribution is -0.0665. The number of esters is 1. The van der Waals surface area contributed by atoms with Gasteiger partial charge in [0.15, 0.2) is 6.10 Å². The van der Waals surface area contributed by atoms with Gasteiger partial charge in [-0.05, 0) is 36.8 Å². The first kappa shape index (κ1) is 21.0. The molecule has 0 aliphatic carbocycles. The number of methoxy groups -OCH3 is 1. The fourth-order valence-electron chi connectivity index (χ4n) is 3.34. The Balaban J connectivity index is 1.79. The first-order valence-corrected chi connectivity index (χ1v) is 9.43. The van der Waals surface area contributed by atoms with Gasteiger partial charge >= 0.3 is 5.97 Å². The van der Waals surface area contributed by atoms with Gasteiger partial charge in [-0.15, -0.1) is 6.58 Å². The summed E-state index contributed by atoms with van der Waals surface area (Å²) < 4.78 is 22.9. The average Bonchev–Trinajstić information content (AvgIpc) is 3.04. The number of aliphatic hydroxyl groups excluding tert-OH is 1. The van der Waals surface area contributed by atoms with E-state index in [0.717, 1.165) is 5.56 Å². The van der Waals surface area contributed by atoms with E-state index in [0.29, 0.717) is 17.9 Å². The molecule has 1 saturated heterocycles. The minimum Gasteiger partial charge on any atom is -0.497 e. The number of hydrogen-bond acceptors (Lipinski definition) is 6. The van der Waals surface area contributed by atoms with Crippen molar-refractivity contribution in [2.45, 2.75) is 37.4 Å². The zero-order chi connectivity index (χ0) is 20.9. The molecule has 0 amide bonds. The van der Waals surface area contributed by atoms with Crippen molar-refractivity contribution in [2.75, 3.05) is 13.7 Å². The first-order chi connectivity index (χ1) is 14.0. The van der Waals surface area contributed by atoms with E-state index in [1.54, 1.807) is 44.4 Å². The molecule has 1 fully saturated rings. The van der Waals surface area contributed by atoms with E-state index in [1.165, 1.54) is 0 Å². The molecule has 2 aromatic rings. The molecule has 0 spiro atoms. The van der Waals surface area contributed by atoms with Crippen molar-refractivity contribution >= 4 is 5.97 Å². The zero-order valence-corrected chi connectivity index (χ0v) is 16.6. The lowest BCUT2D eigenvalue weighted by Gasteiger charge is -2.29. The Kier molecular flexibility index (Phi) is 6.69.